The number of aryl methyl sites for hydroxylation is 2. The van der Waals surface area contributed by atoms with Crippen molar-refractivity contribution >= 4 is 21.1 Å². The SMILES string of the molecule is CCOc1cc(S(=O)(=O)n2nnc3ccccc32)c(C)cc1C. The number of benzene rings is 2. The number of ether oxygens (including phenoxy) is 1. The van der Waals surface area contributed by atoms with E-state index in [0.29, 0.717) is 29.0 Å². The van der Waals surface area contributed by atoms with Gasteiger partial charge in [-0.05, 0) is 44.0 Å². The van der Waals surface area contributed by atoms with Crippen LogP contribution in [0.25, 0.3) is 11.0 Å². The zero-order valence-electron chi connectivity index (χ0n) is 13.1. The Balaban J connectivity index is 2.22. The molecule has 0 saturated carbocycles. The Hall–Kier alpha value is -2.41. The molecular formula is C16H17N3O3S. The average molecular weight is 331 g/mol. The predicted molar refractivity (Wildman–Crippen MR) is 87.2 cm³/mol. The van der Waals surface area contributed by atoms with Gasteiger partial charge in [0.05, 0.1) is 11.5 Å². The van der Waals surface area contributed by atoms with Gasteiger partial charge in [-0.3, -0.25) is 0 Å². The maximum atomic E-state index is 13.0. The van der Waals surface area contributed by atoms with Gasteiger partial charge >= 0.3 is 0 Å². The molecule has 0 fully saturated rings. The van der Waals surface area contributed by atoms with Crippen molar-refractivity contribution in [2.75, 3.05) is 6.61 Å². The van der Waals surface area contributed by atoms with Gasteiger partial charge in [0.25, 0.3) is 10.0 Å². The lowest BCUT2D eigenvalue weighted by atomic mass is 10.1. The highest BCUT2D eigenvalue weighted by atomic mass is 32.2. The molecule has 0 atom stereocenters. The third-order valence-corrected chi connectivity index (χ3v) is 5.32. The van der Waals surface area contributed by atoms with Crippen LogP contribution in [0.1, 0.15) is 18.1 Å². The lowest BCUT2D eigenvalue weighted by Gasteiger charge is -2.13. The molecule has 23 heavy (non-hydrogen) atoms. The summed E-state index contributed by atoms with van der Waals surface area (Å²) in [4.78, 5) is 0.169. The summed E-state index contributed by atoms with van der Waals surface area (Å²) in [5, 5.41) is 7.74. The van der Waals surface area contributed by atoms with Crippen LogP contribution in [0.4, 0.5) is 0 Å². The highest BCUT2D eigenvalue weighted by molar-refractivity contribution is 7.90. The molecule has 0 aliphatic heterocycles. The van der Waals surface area contributed by atoms with Crippen LogP contribution in [0.15, 0.2) is 41.3 Å². The molecule has 0 amide bonds. The summed E-state index contributed by atoms with van der Waals surface area (Å²) in [6.45, 7) is 5.97. The van der Waals surface area contributed by atoms with E-state index >= 15 is 0 Å². The van der Waals surface area contributed by atoms with Crippen molar-refractivity contribution in [3.63, 3.8) is 0 Å². The first-order chi connectivity index (χ1) is 10.9. The summed E-state index contributed by atoms with van der Waals surface area (Å²) < 4.78 is 32.5. The molecule has 7 heteroatoms. The molecule has 2 aromatic carbocycles. The van der Waals surface area contributed by atoms with Crippen molar-refractivity contribution in [1.82, 2.24) is 14.4 Å². The number of hydrogen-bond donors (Lipinski definition) is 0. The van der Waals surface area contributed by atoms with Gasteiger partial charge in [-0.15, -0.1) is 9.19 Å². The molecular weight excluding hydrogens is 314 g/mol. The molecule has 0 N–H and O–H groups in total. The smallest absolute Gasteiger partial charge is 0.285 e. The lowest BCUT2D eigenvalue weighted by molar-refractivity contribution is 0.336. The minimum atomic E-state index is -3.85. The van der Waals surface area contributed by atoms with Crippen molar-refractivity contribution in [3.8, 4) is 5.75 Å². The number of nitrogens with zero attached hydrogens (tertiary/aromatic N) is 3. The van der Waals surface area contributed by atoms with E-state index in [1.807, 2.05) is 13.8 Å². The molecule has 0 unspecified atom stereocenters. The summed E-state index contributed by atoms with van der Waals surface area (Å²) in [7, 11) is -3.85. The molecule has 0 spiro atoms. The summed E-state index contributed by atoms with van der Waals surface area (Å²) in [5.41, 5.74) is 2.52. The molecule has 3 rings (SSSR count). The third kappa shape index (κ3) is 2.57. The number of rotatable bonds is 4. The van der Waals surface area contributed by atoms with Gasteiger partial charge in [0.2, 0.25) is 0 Å². The minimum absolute atomic E-state index is 0.169. The normalized spacial score (nSPS) is 11.8. The Morgan fingerprint density at radius 3 is 2.61 bits per heavy atom. The summed E-state index contributed by atoms with van der Waals surface area (Å²) in [6, 6.07) is 10.3. The van der Waals surface area contributed by atoms with Crippen LogP contribution in [-0.2, 0) is 10.0 Å². The topological polar surface area (TPSA) is 74.1 Å². The quantitative estimate of drug-likeness (QED) is 0.735. The first kappa shape index (κ1) is 15.5. The first-order valence-electron chi connectivity index (χ1n) is 7.25. The van der Waals surface area contributed by atoms with E-state index in [1.165, 1.54) is 0 Å². The van der Waals surface area contributed by atoms with Crippen LogP contribution in [0.3, 0.4) is 0 Å². The highest BCUT2D eigenvalue weighted by Gasteiger charge is 2.24. The summed E-state index contributed by atoms with van der Waals surface area (Å²) in [6.07, 6.45) is 0. The van der Waals surface area contributed by atoms with Crippen molar-refractivity contribution in [1.29, 1.82) is 0 Å². The lowest BCUT2D eigenvalue weighted by Crippen LogP contribution is -2.16. The molecule has 6 nitrogen and oxygen atoms in total. The molecule has 0 aliphatic rings. The maximum Gasteiger partial charge on any atom is 0.285 e. The van der Waals surface area contributed by atoms with Gasteiger partial charge in [0.15, 0.2) is 0 Å². The first-order valence-corrected chi connectivity index (χ1v) is 8.69. The van der Waals surface area contributed by atoms with Gasteiger partial charge in [-0.1, -0.05) is 23.4 Å². The van der Waals surface area contributed by atoms with Gasteiger partial charge in [-0.25, -0.2) is 0 Å². The Morgan fingerprint density at radius 1 is 1.13 bits per heavy atom. The number of aromatic nitrogens is 3. The van der Waals surface area contributed by atoms with E-state index in [2.05, 4.69) is 10.3 Å². The van der Waals surface area contributed by atoms with Gasteiger partial charge in [0, 0.05) is 6.07 Å². The van der Waals surface area contributed by atoms with Crippen molar-refractivity contribution < 1.29 is 13.2 Å². The van der Waals surface area contributed by atoms with E-state index < -0.39 is 10.0 Å². The Kier molecular flexibility index (Phi) is 3.81. The van der Waals surface area contributed by atoms with Crippen LogP contribution >= 0.6 is 0 Å². The third-order valence-electron chi connectivity index (χ3n) is 3.60. The highest BCUT2D eigenvalue weighted by Crippen LogP contribution is 2.28. The van der Waals surface area contributed by atoms with Crippen LogP contribution in [0.5, 0.6) is 5.75 Å². The minimum Gasteiger partial charge on any atom is -0.494 e. The van der Waals surface area contributed by atoms with Crippen LogP contribution in [-0.4, -0.2) is 29.4 Å². The fraction of sp³-hybridized carbons (Fsp3) is 0.250. The van der Waals surface area contributed by atoms with E-state index in [4.69, 9.17) is 4.74 Å². The second-order valence-corrected chi connectivity index (χ2v) is 6.98. The number of hydrogen-bond acceptors (Lipinski definition) is 5. The van der Waals surface area contributed by atoms with Crippen LogP contribution in [0, 0.1) is 13.8 Å². The molecule has 0 bridgehead atoms. The molecule has 0 saturated heterocycles. The van der Waals surface area contributed by atoms with E-state index in [1.54, 1.807) is 43.3 Å². The van der Waals surface area contributed by atoms with Gasteiger partial charge in [0.1, 0.15) is 16.8 Å². The van der Waals surface area contributed by atoms with Crippen molar-refractivity contribution in [2.45, 2.75) is 25.7 Å². The van der Waals surface area contributed by atoms with Crippen molar-refractivity contribution in [3.05, 3.63) is 47.5 Å². The Bertz CT molecular complexity index is 977. The van der Waals surface area contributed by atoms with Gasteiger partial charge in [-0.2, -0.15) is 8.42 Å². The summed E-state index contributed by atoms with van der Waals surface area (Å²) >= 11 is 0. The number of para-hydroxylation sites is 1. The standard InChI is InChI=1S/C16H17N3O3S/c1-4-22-15-10-16(12(3)9-11(15)2)23(20,21)19-14-8-6-5-7-13(14)17-18-19/h5-10H,4H2,1-3H3. The molecule has 3 aromatic rings. The summed E-state index contributed by atoms with van der Waals surface area (Å²) in [5.74, 6) is 0.557. The second kappa shape index (κ2) is 5.66. The Labute approximate surface area is 134 Å². The average Bonchev–Trinajstić information content (AvgIpc) is 2.94. The monoisotopic (exact) mass is 331 g/mol. The molecule has 1 aromatic heterocycles. The predicted octanol–water partition coefficient (Wildman–Crippen LogP) is 2.68. The zero-order valence-corrected chi connectivity index (χ0v) is 14.0. The second-order valence-electron chi connectivity index (χ2n) is 5.24. The zero-order chi connectivity index (χ0) is 16.6. The number of fused-ring (bicyclic) bond motifs is 1. The fourth-order valence-electron chi connectivity index (χ4n) is 2.52. The molecule has 0 aliphatic carbocycles. The Morgan fingerprint density at radius 2 is 1.87 bits per heavy atom. The van der Waals surface area contributed by atoms with Crippen LogP contribution in [0.2, 0.25) is 0 Å². The maximum absolute atomic E-state index is 13.0. The molecule has 120 valence electrons. The van der Waals surface area contributed by atoms with E-state index in [0.717, 1.165) is 9.65 Å². The van der Waals surface area contributed by atoms with Crippen molar-refractivity contribution in [2.24, 2.45) is 0 Å². The van der Waals surface area contributed by atoms with E-state index in [9.17, 15) is 8.42 Å². The fourth-order valence-corrected chi connectivity index (χ4v) is 3.97. The van der Waals surface area contributed by atoms with Crippen LogP contribution < -0.4 is 4.74 Å². The van der Waals surface area contributed by atoms with E-state index in [-0.39, 0.29) is 4.90 Å². The van der Waals surface area contributed by atoms with Gasteiger partial charge < -0.3 is 4.74 Å². The molecule has 0 radical (unpaired) electrons. The molecule has 1 heterocycles. The largest absolute Gasteiger partial charge is 0.494 e.